The van der Waals surface area contributed by atoms with E-state index >= 15 is 0 Å². The number of nitrogens with two attached hydrogens (primary N) is 1. The Hall–Kier alpha value is -1.58. The van der Waals surface area contributed by atoms with Gasteiger partial charge in [-0.3, -0.25) is 4.98 Å². The highest BCUT2D eigenvalue weighted by Crippen LogP contribution is 2.24. The van der Waals surface area contributed by atoms with Crippen molar-refractivity contribution in [3.05, 3.63) is 57.9 Å². The quantitative estimate of drug-likeness (QED) is 0.937. The maximum atomic E-state index is 6.03. The third kappa shape index (κ3) is 3.30. The minimum Gasteiger partial charge on any atom is -0.370 e. The first-order chi connectivity index (χ1) is 9.51. The lowest BCUT2D eigenvalue weighted by Crippen LogP contribution is -2.20. The SMILES string of the molecule is Cc1cc(N(C)Cc2cccc(Cl)c2)c(CN)c(C)n1. The predicted molar refractivity (Wildman–Crippen MR) is 85.2 cm³/mol. The Morgan fingerprint density at radius 2 is 2.00 bits per heavy atom. The van der Waals surface area contributed by atoms with Crippen LogP contribution in [-0.2, 0) is 13.1 Å². The van der Waals surface area contributed by atoms with Crippen LogP contribution in [0.2, 0.25) is 5.02 Å². The molecule has 0 fully saturated rings. The third-order valence-corrected chi connectivity index (χ3v) is 3.59. The highest BCUT2D eigenvalue weighted by atomic mass is 35.5. The van der Waals surface area contributed by atoms with Gasteiger partial charge < -0.3 is 10.6 Å². The Labute approximate surface area is 125 Å². The third-order valence-electron chi connectivity index (χ3n) is 3.36. The largest absolute Gasteiger partial charge is 0.370 e. The molecule has 0 aliphatic heterocycles. The average molecular weight is 290 g/mol. The van der Waals surface area contributed by atoms with E-state index in [-0.39, 0.29) is 0 Å². The minimum absolute atomic E-state index is 0.494. The summed E-state index contributed by atoms with van der Waals surface area (Å²) in [6.07, 6.45) is 0. The number of halogens is 1. The molecule has 2 N–H and O–H groups in total. The molecule has 0 aliphatic rings. The van der Waals surface area contributed by atoms with E-state index in [1.165, 1.54) is 5.56 Å². The molecular weight excluding hydrogens is 270 g/mol. The number of aryl methyl sites for hydroxylation is 2. The van der Waals surface area contributed by atoms with Crippen LogP contribution in [0.25, 0.3) is 0 Å². The number of benzene rings is 1. The summed E-state index contributed by atoms with van der Waals surface area (Å²) in [6, 6.07) is 10.0. The van der Waals surface area contributed by atoms with Crippen LogP contribution in [-0.4, -0.2) is 12.0 Å². The maximum absolute atomic E-state index is 6.03. The molecule has 0 amide bonds. The summed E-state index contributed by atoms with van der Waals surface area (Å²) in [5, 5.41) is 0.761. The van der Waals surface area contributed by atoms with Gasteiger partial charge in [-0.1, -0.05) is 23.7 Å². The second kappa shape index (κ2) is 6.25. The van der Waals surface area contributed by atoms with Gasteiger partial charge in [0, 0.05) is 47.8 Å². The van der Waals surface area contributed by atoms with E-state index < -0.39 is 0 Å². The molecule has 0 aliphatic carbocycles. The van der Waals surface area contributed by atoms with Crippen LogP contribution in [0, 0.1) is 13.8 Å². The lowest BCUT2D eigenvalue weighted by Gasteiger charge is -2.24. The van der Waals surface area contributed by atoms with Crippen molar-refractivity contribution in [1.29, 1.82) is 0 Å². The van der Waals surface area contributed by atoms with E-state index in [9.17, 15) is 0 Å². The van der Waals surface area contributed by atoms with Gasteiger partial charge in [0.25, 0.3) is 0 Å². The van der Waals surface area contributed by atoms with Crippen molar-refractivity contribution in [2.75, 3.05) is 11.9 Å². The van der Waals surface area contributed by atoms with Gasteiger partial charge >= 0.3 is 0 Å². The Kier molecular flexibility index (Phi) is 4.63. The van der Waals surface area contributed by atoms with Crippen molar-refractivity contribution in [3.8, 4) is 0 Å². The normalized spacial score (nSPS) is 10.7. The molecule has 3 nitrogen and oxygen atoms in total. The smallest absolute Gasteiger partial charge is 0.0448 e. The molecule has 4 heteroatoms. The summed E-state index contributed by atoms with van der Waals surface area (Å²) in [7, 11) is 2.06. The number of hydrogen-bond donors (Lipinski definition) is 1. The summed E-state index contributed by atoms with van der Waals surface area (Å²) >= 11 is 6.03. The fraction of sp³-hybridized carbons (Fsp3) is 0.312. The first-order valence-electron chi connectivity index (χ1n) is 6.64. The molecule has 20 heavy (non-hydrogen) atoms. The number of aromatic nitrogens is 1. The molecule has 1 heterocycles. The van der Waals surface area contributed by atoms with E-state index in [0.717, 1.165) is 34.2 Å². The van der Waals surface area contributed by atoms with E-state index in [0.29, 0.717) is 6.54 Å². The minimum atomic E-state index is 0.494. The number of hydrogen-bond acceptors (Lipinski definition) is 3. The van der Waals surface area contributed by atoms with Crippen LogP contribution in [0.15, 0.2) is 30.3 Å². The monoisotopic (exact) mass is 289 g/mol. The molecule has 2 aromatic rings. The zero-order chi connectivity index (χ0) is 14.7. The lowest BCUT2D eigenvalue weighted by molar-refractivity contribution is 0.885. The molecule has 0 unspecified atom stereocenters. The van der Waals surface area contributed by atoms with Gasteiger partial charge in [-0.25, -0.2) is 0 Å². The highest BCUT2D eigenvalue weighted by Gasteiger charge is 2.11. The van der Waals surface area contributed by atoms with Crippen molar-refractivity contribution in [2.45, 2.75) is 26.9 Å². The number of nitrogens with zero attached hydrogens (tertiary/aromatic N) is 2. The van der Waals surface area contributed by atoms with Crippen LogP contribution in [0.4, 0.5) is 5.69 Å². The van der Waals surface area contributed by atoms with Gasteiger partial charge in [0.05, 0.1) is 0 Å². The van der Waals surface area contributed by atoms with Crippen LogP contribution in [0.1, 0.15) is 22.5 Å². The van der Waals surface area contributed by atoms with Crippen LogP contribution < -0.4 is 10.6 Å². The Morgan fingerprint density at radius 3 is 2.65 bits per heavy atom. The van der Waals surface area contributed by atoms with Gasteiger partial charge in [-0.05, 0) is 37.6 Å². The average Bonchev–Trinajstić information content (AvgIpc) is 2.37. The van der Waals surface area contributed by atoms with Crippen molar-refractivity contribution >= 4 is 17.3 Å². The molecule has 1 aromatic heterocycles. The van der Waals surface area contributed by atoms with E-state index in [1.807, 2.05) is 32.0 Å². The molecule has 2 rings (SSSR count). The standard InChI is InChI=1S/C16H20ClN3/c1-11-7-16(15(9-18)12(2)19-11)20(3)10-13-5-4-6-14(17)8-13/h4-8H,9-10,18H2,1-3H3. The van der Waals surface area contributed by atoms with E-state index in [4.69, 9.17) is 17.3 Å². The van der Waals surface area contributed by atoms with Crippen LogP contribution in [0.5, 0.6) is 0 Å². The number of anilines is 1. The fourth-order valence-electron chi connectivity index (χ4n) is 2.42. The molecule has 0 saturated carbocycles. The molecular formula is C16H20ClN3. The van der Waals surface area contributed by atoms with Crippen molar-refractivity contribution in [3.63, 3.8) is 0 Å². The van der Waals surface area contributed by atoms with Crippen LogP contribution >= 0.6 is 11.6 Å². The number of rotatable bonds is 4. The molecule has 0 saturated heterocycles. The van der Waals surface area contributed by atoms with Gasteiger partial charge in [0.1, 0.15) is 0 Å². The predicted octanol–water partition coefficient (Wildman–Crippen LogP) is 3.45. The highest BCUT2D eigenvalue weighted by molar-refractivity contribution is 6.30. The maximum Gasteiger partial charge on any atom is 0.0448 e. The number of pyridine rings is 1. The van der Waals surface area contributed by atoms with Gasteiger partial charge in [0.2, 0.25) is 0 Å². The van der Waals surface area contributed by atoms with Crippen molar-refractivity contribution in [1.82, 2.24) is 4.98 Å². The first-order valence-corrected chi connectivity index (χ1v) is 7.02. The summed E-state index contributed by atoms with van der Waals surface area (Å²) in [5.74, 6) is 0. The second-order valence-corrected chi connectivity index (χ2v) is 5.47. The molecule has 0 spiro atoms. The lowest BCUT2D eigenvalue weighted by atomic mass is 10.1. The van der Waals surface area contributed by atoms with Gasteiger partial charge in [-0.15, -0.1) is 0 Å². The first kappa shape index (κ1) is 14.8. The molecule has 0 bridgehead atoms. The Bertz CT molecular complexity index is 611. The van der Waals surface area contributed by atoms with E-state index in [2.05, 4.69) is 29.1 Å². The summed E-state index contributed by atoms with van der Waals surface area (Å²) in [6.45, 7) is 5.29. The summed E-state index contributed by atoms with van der Waals surface area (Å²) in [4.78, 5) is 6.67. The molecule has 1 aromatic carbocycles. The molecule has 0 radical (unpaired) electrons. The van der Waals surface area contributed by atoms with Crippen molar-refractivity contribution in [2.24, 2.45) is 5.73 Å². The molecule has 0 atom stereocenters. The van der Waals surface area contributed by atoms with Crippen LogP contribution in [0.3, 0.4) is 0 Å². The van der Waals surface area contributed by atoms with Gasteiger partial charge in [-0.2, -0.15) is 0 Å². The second-order valence-electron chi connectivity index (χ2n) is 5.04. The van der Waals surface area contributed by atoms with Crippen molar-refractivity contribution < 1.29 is 0 Å². The topological polar surface area (TPSA) is 42.1 Å². The van der Waals surface area contributed by atoms with Gasteiger partial charge in [0.15, 0.2) is 0 Å². The summed E-state index contributed by atoms with van der Waals surface area (Å²) in [5.41, 5.74) is 11.3. The Balaban J connectivity index is 2.31. The zero-order valence-corrected chi connectivity index (χ0v) is 12.9. The van der Waals surface area contributed by atoms with E-state index in [1.54, 1.807) is 0 Å². The molecule has 106 valence electrons. The zero-order valence-electron chi connectivity index (χ0n) is 12.2. The summed E-state index contributed by atoms with van der Waals surface area (Å²) < 4.78 is 0. The Morgan fingerprint density at radius 1 is 1.25 bits per heavy atom. The fourth-order valence-corrected chi connectivity index (χ4v) is 2.63.